The number of fused-ring (bicyclic) bond motifs is 2. The SMILES string of the molecule is CC(C)(C)n1ncc2c1C(=O)CC1(CCN(C(=O)c3ccc4[nH]c(=O)[nH]c4c3)CC1)C2. The van der Waals surface area contributed by atoms with Crippen LogP contribution in [0.5, 0.6) is 0 Å². The maximum Gasteiger partial charge on any atom is 0.323 e. The Balaban J connectivity index is 1.33. The van der Waals surface area contributed by atoms with Crippen LogP contribution in [0.25, 0.3) is 11.0 Å². The molecule has 1 saturated heterocycles. The Bertz CT molecular complexity index is 1250. The van der Waals surface area contributed by atoms with Crippen LogP contribution in [0.15, 0.2) is 29.2 Å². The monoisotopic (exact) mass is 421 g/mol. The summed E-state index contributed by atoms with van der Waals surface area (Å²) >= 11 is 0. The molecule has 8 heteroatoms. The molecule has 0 radical (unpaired) electrons. The van der Waals surface area contributed by atoms with Gasteiger partial charge in [-0.3, -0.25) is 14.3 Å². The molecule has 1 amide bonds. The van der Waals surface area contributed by atoms with Crippen molar-refractivity contribution < 1.29 is 9.59 Å². The van der Waals surface area contributed by atoms with Crippen LogP contribution < -0.4 is 5.69 Å². The molecule has 8 nitrogen and oxygen atoms in total. The summed E-state index contributed by atoms with van der Waals surface area (Å²) in [6.45, 7) is 7.42. The number of benzene rings is 1. The molecule has 2 N–H and O–H groups in total. The molecule has 3 aromatic rings. The van der Waals surface area contributed by atoms with E-state index in [9.17, 15) is 14.4 Å². The number of rotatable bonds is 1. The average molecular weight is 422 g/mol. The molecule has 3 heterocycles. The molecule has 162 valence electrons. The summed E-state index contributed by atoms with van der Waals surface area (Å²) < 4.78 is 1.86. The lowest BCUT2D eigenvalue weighted by molar-refractivity contribution is 0.0515. The molecule has 1 aliphatic heterocycles. The lowest BCUT2D eigenvalue weighted by atomic mass is 9.67. The summed E-state index contributed by atoms with van der Waals surface area (Å²) in [4.78, 5) is 44.8. The van der Waals surface area contributed by atoms with E-state index >= 15 is 0 Å². The number of aromatic nitrogens is 4. The standard InChI is InChI=1S/C23H27N5O3/c1-22(2,3)28-19-15(13-24-28)11-23(12-18(19)29)6-8-27(9-7-23)20(30)14-4-5-16-17(10-14)26-21(31)25-16/h4-5,10,13H,6-9,11-12H2,1-3H3,(H2,25,26,31). The van der Waals surface area contributed by atoms with Gasteiger partial charge in [0.05, 0.1) is 22.8 Å². The summed E-state index contributed by atoms with van der Waals surface area (Å²) in [6, 6.07) is 5.22. The predicted octanol–water partition coefficient (Wildman–Crippen LogP) is 2.86. The lowest BCUT2D eigenvalue weighted by Gasteiger charge is -2.43. The number of nitrogens with one attached hydrogen (secondary N) is 2. The van der Waals surface area contributed by atoms with E-state index in [2.05, 4.69) is 35.8 Å². The second-order valence-corrected chi connectivity index (χ2v) is 10.0. The van der Waals surface area contributed by atoms with Crippen LogP contribution in [0.4, 0.5) is 0 Å². The number of aromatic amines is 2. The number of imidazole rings is 1. The highest BCUT2D eigenvalue weighted by molar-refractivity contribution is 5.98. The van der Waals surface area contributed by atoms with Crippen molar-refractivity contribution in [1.29, 1.82) is 0 Å². The minimum Gasteiger partial charge on any atom is -0.339 e. The Hall–Kier alpha value is -3.16. The van der Waals surface area contributed by atoms with Crippen molar-refractivity contribution in [1.82, 2.24) is 24.6 Å². The van der Waals surface area contributed by atoms with E-state index in [0.29, 0.717) is 36.1 Å². The van der Waals surface area contributed by atoms with Gasteiger partial charge in [0.25, 0.3) is 5.91 Å². The second kappa shape index (κ2) is 6.67. The maximum atomic E-state index is 13.1. The zero-order chi connectivity index (χ0) is 22.0. The summed E-state index contributed by atoms with van der Waals surface area (Å²) in [6.07, 6.45) is 4.80. The zero-order valence-corrected chi connectivity index (χ0v) is 18.1. The van der Waals surface area contributed by atoms with Gasteiger partial charge in [0, 0.05) is 30.6 Å². The smallest absolute Gasteiger partial charge is 0.323 e. The first-order chi connectivity index (χ1) is 14.7. The van der Waals surface area contributed by atoms with Crippen molar-refractivity contribution in [2.45, 2.75) is 52.0 Å². The molecule has 0 atom stereocenters. The highest BCUT2D eigenvalue weighted by Gasteiger charge is 2.44. The van der Waals surface area contributed by atoms with E-state index in [4.69, 9.17) is 0 Å². The van der Waals surface area contributed by atoms with Gasteiger partial charge in [0.1, 0.15) is 5.69 Å². The molecule has 31 heavy (non-hydrogen) atoms. The Kier molecular flexibility index (Phi) is 4.26. The Morgan fingerprint density at radius 2 is 1.77 bits per heavy atom. The highest BCUT2D eigenvalue weighted by Crippen LogP contribution is 2.44. The van der Waals surface area contributed by atoms with Crippen LogP contribution in [0.3, 0.4) is 0 Å². The average Bonchev–Trinajstić information content (AvgIpc) is 3.30. The van der Waals surface area contributed by atoms with Crippen molar-refractivity contribution in [3.05, 3.63) is 51.7 Å². The summed E-state index contributed by atoms with van der Waals surface area (Å²) in [7, 11) is 0. The minimum atomic E-state index is -0.282. The van der Waals surface area contributed by atoms with Gasteiger partial charge in [-0.1, -0.05) is 0 Å². The Morgan fingerprint density at radius 1 is 1.06 bits per heavy atom. The molecule has 0 saturated carbocycles. The van der Waals surface area contributed by atoms with E-state index in [0.717, 1.165) is 30.5 Å². The third-order valence-corrected chi connectivity index (χ3v) is 6.72. The minimum absolute atomic E-state index is 0.0397. The molecule has 1 aromatic carbocycles. The molecule has 1 spiro atoms. The molecule has 0 bridgehead atoms. The summed E-state index contributed by atoms with van der Waals surface area (Å²) in [5, 5.41) is 4.51. The van der Waals surface area contributed by atoms with Crippen LogP contribution in [-0.4, -0.2) is 49.4 Å². The number of likely N-dealkylation sites (tertiary alicyclic amines) is 1. The number of H-pyrrole nitrogens is 2. The van der Waals surface area contributed by atoms with E-state index in [1.807, 2.05) is 15.8 Å². The quantitative estimate of drug-likeness (QED) is 0.630. The fourth-order valence-corrected chi connectivity index (χ4v) is 5.09. The van der Waals surface area contributed by atoms with Crippen LogP contribution in [0.2, 0.25) is 0 Å². The predicted molar refractivity (Wildman–Crippen MR) is 116 cm³/mol. The van der Waals surface area contributed by atoms with Gasteiger partial charge in [-0.2, -0.15) is 5.10 Å². The molecular formula is C23H27N5O3. The third kappa shape index (κ3) is 3.30. The van der Waals surface area contributed by atoms with Crippen molar-refractivity contribution in [3.8, 4) is 0 Å². The van der Waals surface area contributed by atoms with Crippen LogP contribution in [-0.2, 0) is 12.0 Å². The fourth-order valence-electron chi connectivity index (χ4n) is 5.09. The number of carbonyl (C=O) groups is 2. The van der Waals surface area contributed by atoms with E-state index in [1.54, 1.807) is 18.2 Å². The first-order valence-corrected chi connectivity index (χ1v) is 10.8. The van der Waals surface area contributed by atoms with Crippen molar-refractivity contribution >= 4 is 22.7 Å². The van der Waals surface area contributed by atoms with Gasteiger partial charge < -0.3 is 14.9 Å². The van der Waals surface area contributed by atoms with Gasteiger partial charge in [0.15, 0.2) is 5.78 Å². The van der Waals surface area contributed by atoms with Crippen LogP contribution >= 0.6 is 0 Å². The molecule has 5 rings (SSSR count). The maximum absolute atomic E-state index is 13.1. The van der Waals surface area contributed by atoms with Crippen molar-refractivity contribution in [3.63, 3.8) is 0 Å². The third-order valence-electron chi connectivity index (χ3n) is 6.72. The van der Waals surface area contributed by atoms with Gasteiger partial charge in [-0.15, -0.1) is 0 Å². The van der Waals surface area contributed by atoms with Crippen molar-refractivity contribution in [2.75, 3.05) is 13.1 Å². The molecular weight excluding hydrogens is 394 g/mol. The molecule has 2 aromatic heterocycles. The number of carbonyl (C=O) groups excluding carboxylic acids is 2. The van der Waals surface area contributed by atoms with Gasteiger partial charge in [-0.05, 0) is 63.6 Å². The zero-order valence-electron chi connectivity index (χ0n) is 18.1. The second-order valence-electron chi connectivity index (χ2n) is 10.0. The number of nitrogens with zero attached hydrogens (tertiary/aromatic N) is 3. The largest absolute Gasteiger partial charge is 0.339 e. The molecule has 2 aliphatic rings. The van der Waals surface area contributed by atoms with Gasteiger partial charge in [-0.25, -0.2) is 4.79 Å². The van der Waals surface area contributed by atoms with E-state index in [1.165, 1.54) is 0 Å². The fraction of sp³-hybridized carbons (Fsp3) is 0.478. The topological polar surface area (TPSA) is 104 Å². The molecule has 1 aliphatic carbocycles. The van der Waals surface area contributed by atoms with Crippen molar-refractivity contribution in [2.24, 2.45) is 5.41 Å². The van der Waals surface area contributed by atoms with Crippen LogP contribution in [0.1, 0.15) is 66.4 Å². The van der Waals surface area contributed by atoms with Crippen LogP contribution in [0, 0.1) is 5.41 Å². The van der Waals surface area contributed by atoms with Gasteiger partial charge >= 0.3 is 5.69 Å². The number of hydrogen-bond acceptors (Lipinski definition) is 4. The molecule has 1 fully saturated rings. The number of piperidine rings is 1. The summed E-state index contributed by atoms with van der Waals surface area (Å²) in [5.41, 5.74) is 3.06. The highest BCUT2D eigenvalue weighted by atomic mass is 16.2. The first-order valence-electron chi connectivity index (χ1n) is 10.8. The van der Waals surface area contributed by atoms with Gasteiger partial charge in [0.2, 0.25) is 0 Å². The van der Waals surface area contributed by atoms with E-state index in [-0.39, 0.29) is 28.3 Å². The summed E-state index contributed by atoms with van der Waals surface area (Å²) in [5.74, 6) is 0.123. The number of Topliss-reactive ketones (excluding diaryl/α,β-unsaturated/α-hetero) is 1. The lowest BCUT2D eigenvalue weighted by Crippen LogP contribution is -2.46. The number of ketones is 1. The first kappa shape index (κ1) is 19.8. The molecule has 0 unspecified atom stereocenters. The Morgan fingerprint density at radius 3 is 2.48 bits per heavy atom. The number of amides is 1. The number of hydrogen-bond donors (Lipinski definition) is 2. The Labute approximate surface area is 179 Å². The normalized spacial score (nSPS) is 18.5. The van der Waals surface area contributed by atoms with E-state index < -0.39 is 0 Å².